The molecule has 1 fully saturated rings. The van der Waals surface area contributed by atoms with Gasteiger partial charge in [-0.2, -0.15) is 0 Å². The summed E-state index contributed by atoms with van der Waals surface area (Å²) in [6.45, 7) is 8.42. The lowest BCUT2D eigenvalue weighted by Crippen LogP contribution is -2.34. The number of hydrogen-bond acceptors (Lipinski definition) is 6. The summed E-state index contributed by atoms with van der Waals surface area (Å²) in [5, 5.41) is 9.14. The third-order valence-corrected chi connectivity index (χ3v) is 6.14. The van der Waals surface area contributed by atoms with E-state index in [-0.39, 0.29) is 11.7 Å². The van der Waals surface area contributed by atoms with Crippen LogP contribution < -0.4 is 20.7 Å². The lowest BCUT2D eigenvalue weighted by atomic mass is 10.0. The predicted octanol–water partition coefficient (Wildman–Crippen LogP) is 4.93. The Morgan fingerprint density at radius 2 is 1.87 bits per heavy atom. The number of anilines is 1. The van der Waals surface area contributed by atoms with Crippen molar-refractivity contribution in [2.75, 3.05) is 39.1 Å². The number of rotatable bonds is 13. The number of nitrogens with one attached hydrogen (secondary N) is 3. The van der Waals surface area contributed by atoms with Crippen LogP contribution in [-0.2, 0) is 17.8 Å². The molecule has 0 aromatic heterocycles. The van der Waals surface area contributed by atoms with E-state index < -0.39 is 17.5 Å². The molecule has 0 aliphatic heterocycles. The SMILES string of the molecule is COc1ccc(CNc2ccc(CN(C)CCCNC(=O)OC(C)(C)C)c(C(=O)NCC3CC3)c2)cc1F. The minimum Gasteiger partial charge on any atom is -0.494 e. The van der Waals surface area contributed by atoms with E-state index in [1.807, 2.05) is 46.0 Å². The number of ether oxygens (including phenoxy) is 2. The van der Waals surface area contributed by atoms with E-state index in [1.165, 1.54) is 13.2 Å². The van der Waals surface area contributed by atoms with E-state index in [0.717, 1.165) is 42.6 Å². The Morgan fingerprint density at radius 1 is 1.11 bits per heavy atom. The fourth-order valence-corrected chi connectivity index (χ4v) is 3.94. The zero-order chi connectivity index (χ0) is 27.7. The number of carbonyl (C=O) groups is 2. The highest BCUT2D eigenvalue weighted by Gasteiger charge is 2.23. The Balaban J connectivity index is 1.59. The topological polar surface area (TPSA) is 91.9 Å². The first-order valence-corrected chi connectivity index (χ1v) is 13.2. The first-order valence-electron chi connectivity index (χ1n) is 13.2. The van der Waals surface area contributed by atoms with Crippen LogP contribution >= 0.6 is 0 Å². The monoisotopic (exact) mass is 528 g/mol. The summed E-state index contributed by atoms with van der Waals surface area (Å²) < 4.78 is 24.3. The van der Waals surface area contributed by atoms with Gasteiger partial charge in [-0.15, -0.1) is 0 Å². The summed E-state index contributed by atoms with van der Waals surface area (Å²) in [6.07, 6.45) is 2.65. The third kappa shape index (κ3) is 9.85. The van der Waals surface area contributed by atoms with Crippen LogP contribution in [0, 0.1) is 11.7 Å². The van der Waals surface area contributed by atoms with Crippen LogP contribution in [0.1, 0.15) is 61.5 Å². The predicted molar refractivity (Wildman–Crippen MR) is 147 cm³/mol. The molecule has 0 atom stereocenters. The summed E-state index contributed by atoms with van der Waals surface area (Å²) in [5.41, 5.74) is 2.57. The molecule has 0 radical (unpaired) electrons. The molecule has 208 valence electrons. The maximum atomic E-state index is 14.1. The molecule has 8 nitrogen and oxygen atoms in total. The minimum atomic E-state index is -0.525. The smallest absolute Gasteiger partial charge is 0.407 e. The second-order valence-corrected chi connectivity index (χ2v) is 10.9. The summed E-state index contributed by atoms with van der Waals surface area (Å²) in [7, 11) is 3.43. The molecule has 2 aromatic rings. The first-order chi connectivity index (χ1) is 18.0. The molecule has 3 rings (SSSR count). The van der Waals surface area contributed by atoms with Crippen LogP contribution in [0.25, 0.3) is 0 Å². The van der Waals surface area contributed by atoms with Crippen molar-refractivity contribution in [1.82, 2.24) is 15.5 Å². The van der Waals surface area contributed by atoms with Crippen LogP contribution in [0.2, 0.25) is 0 Å². The molecular weight excluding hydrogens is 487 g/mol. The van der Waals surface area contributed by atoms with Gasteiger partial charge in [0.2, 0.25) is 0 Å². The first kappa shape index (κ1) is 29.2. The van der Waals surface area contributed by atoms with Crippen molar-refractivity contribution in [2.24, 2.45) is 5.92 Å². The van der Waals surface area contributed by atoms with Crippen molar-refractivity contribution in [3.8, 4) is 5.75 Å². The van der Waals surface area contributed by atoms with Gasteiger partial charge < -0.3 is 30.3 Å². The molecule has 0 bridgehead atoms. The maximum Gasteiger partial charge on any atom is 0.407 e. The number of carbonyl (C=O) groups excluding carboxylic acids is 2. The molecule has 3 N–H and O–H groups in total. The number of methoxy groups -OCH3 is 1. The standard InChI is InChI=1S/C29H41FN4O4/c1-29(2,3)38-28(36)31-13-6-14-34(4)19-22-10-11-23(16-24(22)27(35)33-17-20-7-8-20)32-18-21-9-12-26(37-5)25(30)15-21/h9-12,15-16,20,32H,6-8,13-14,17-19H2,1-5H3,(H,31,36)(H,33,35). The Kier molecular flexibility index (Phi) is 10.4. The maximum absolute atomic E-state index is 14.1. The lowest BCUT2D eigenvalue weighted by molar-refractivity contribution is 0.0525. The van der Waals surface area contributed by atoms with E-state index in [1.54, 1.807) is 12.1 Å². The fourth-order valence-electron chi connectivity index (χ4n) is 3.94. The van der Waals surface area contributed by atoms with Gasteiger partial charge in [0.1, 0.15) is 5.60 Å². The molecule has 38 heavy (non-hydrogen) atoms. The quantitative estimate of drug-likeness (QED) is 0.319. The molecule has 9 heteroatoms. The molecule has 0 unspecified atom stereocenters. The Labute approximate surface area is 225 Å². The van der Waals surface area contributed by atoms with Crippen molar-refractivity contribution < 1.29 is 23.5 Å². The molecule has 0 heterocycles. The molecule has 2 amide bonds. The van der Waals surface area contributed by atoms with Crippen molar-refractivity contribution >= 4 is 17.7 Å². The Bertz CT molecular complexity index is 1100. The molecule has 0 spiro atoms. The summed E-state index contributed by atoms with van der Waals surface area (Å²) in [5.74, 6) is 0.281. The van der Waals surface area contributed by atoms with E-state index in [2.05, 4.69) is 20.9 Å². The number of alkyl carbamates (subject to hydrolysis) is 1. The molecule has 1 aliphatic rings. The highest BCUT2D eigenvalue weighted by Crippen LogP contribution is 2.28. The van der Waals surface area contributed by atoms with Crippen LogP contribution in [-0.4, -0.2) is 56.3 Å². The van der Waals surface area contributed by atoms with Gasteiger partial charge in [0.25, 0.3) is 5.91 Å². The summed E-state index contributed by atoms with van der Waals surface area (Å²) in [6, 6.07) is 10.6. The molecule has 2 aromatic carbocycles. The van der Waals surface area contributed by atoms with Crippen molar-refractivity contribution in [2.45, 2.75) is 58.7 Å². The van der Waals surface area contributed by atoms with Crippen molar-refractivity contribution in [3.63, 3.8) is 0 Å². The van der Waals surface area contributed by atoms with Gasteiger partial charge in [0.15, 0.2) is 11.6 Å². The average Bonchev–Trinajstić information content (AvgIpc) is 3.68. The van der Waals surface area contributed by atoms with Crippen LogP contribution in [0.15, 0.2) is 36.4 Å². The van der Waals surface area contributed by atoms with Gasteiger partial charge in [-0.3, -0.25) is 4.79 Å². The van der Waals surface area contributed by atoms with E-state index >= 15 is 0 Å². The molecule has 1 saturated carbocycles. The van der Waals surface area contributed by atoms with Crippen LogP contribution in [0.3, 0.4) is 0 Å². The van der Waals surface area contributed by atoms with Crippen LogP contribution in [0.4, 0.5) is 14.9 Å². The fraction of sp³-hybridized carbons (Fsp3) is 0.517. The number of amides is 2. The average molecular weight is 529 g/mol. The lowest BCUT2D eigenvalue weighted by Gasteiger charge is -2.21. The Morgan fingerprint density at radius 3 is 2.53 bits per heavy atom. The van der Waals surface area contributed by atoms with Gasteiger partial charge in [-0.1, -0.05) is 12.1 Å². The Hall–Kier alpha value is -3.33. The second kappa shape index (κ2) is 13.5. The highest BCUT2D eigenvalue weighted by atomic mass is 19.1. The largest absolute Gasteiger partial charge is 0.494 e. The molecular formula is C29H41FN4O4. The van der Waals surface area contributed by atoms with Gasteiger partial charge in [0, 0.05) is 37.4 Å². The summed E-state index contributed by atoms with van der Waals surface area (Å²) >= 11 is 0. The van der Waals surface area contributed by atoms with Crippen LogP contribution in [0.5, 0.6) is 5.75 Å². The van der Waals surface area contributed by atoms with E-state index in [4.69, 9.17) is 9.47 Å². The normalized spacial score (nSPS) is 13.2. The van der Waals surface area contributed by atoms with Crippen molar-refractivity contribution in [3.05, 3.63) is 58.9 Å². The zero-order valence-corrected chi connectivity index (χ0v) is 23.2. The number of nitrogens with zero attached hydrogens (tertiary/aromatic N) is 1. The second-order valence-electron chi connectivity index (χ2n) is 10.9. The number of hydrogen-bond donors (Lipinski definition) is 3. The van der Waals surface area contributed by atoms with Gasteiger partial charge in [-0.25, -0.2) is 9.18 Å². The van der Waals surface area contributed by atoms with Crippen molar-refractivity contribution in [1.29, 1.82) is 0 Å². The number of halogens is 1. The highest BCUT2D eigenvalue weighted by molar-refractivity contribution is 5.96. The summed E-state index contributed by atoms with van der Waals surface area (Å²) in [4.78, 5) is 27.0. The minimum absolute atomic E-state index is 0.0916. The van der Waals surface area contributed by atoms with E-state index in [9.17, 15) is 14.0 Å². The third-order valence-electron chi connectivity index (χ3n) is 6.14. The van der Waals surface area contributed by atoms with E-state index in [0.29, 0.717) is 37.7 Å². The number of benzene rings is 2. The molecule has 1 aliphatic carbocycles. The van der Waals surface area contributed by atoms with Gasteiger partial charge >= 0.3 is 6.09 Å². The zero-order valence-electron chi connectivity index (χ0n) is 23.2. The van der Waals surface area contributed by atoms with Gasteiger partial charge in [-0.05, 0) is 94.9 Å². The van der Waals surface area contributed by atoms with Gasteiger partial charge in [0.05, 0.1) is 7.11 Å². The molecule has 0 saturated heterocycles.